The van der Waals surface area contributed by atoms with E-state index >= 15 is 0 Å². The van der Waals surface area contributed by atoms with Crippen molar-refractivity contribution in [1.82, 2.24) is 4.98 Å². The fourth-order valence-corrected chi connectivity index (χ4v) is 3.80. The van der Waals surface area contributed by atoms with Gasteiger partial charge in [0.05, 0.1) is 12.1 Å². The normalized spacial score (nSPS) is 10.5. The highest BCUT2D eigenvalue weighted by atomic mass is 32.2. The summed E-state index contributed by atoms with van der Waals surface area (Å²) in [6.45, 7) is 3.35. The van der Waals surface area contributed by atoms with Crippen LogP contribution in [0.4, 0.5) is 0 Å². The number of aromatic nitrogens is 1. The van der Waals surface area contributed by atoms with Crippen LogP contribution in [0.15, 0.2) is 33.5 Å². The largest absolute Gasteiger partial charge is 0.481 e. The molecule has 0 aliphatic heterocycles. The Hall–Kier alpha value is -1.66. The Morgan fingerprint density at radius 1 is 1.30 bits per heavy atom. The first-order valence-electron chi connectivity index (χ1n) is 5.92. The molecular weight excluding hydrogens is 294 g/mol. The lowest BCUT2D eigenvalue weighted by Crippen LogP contribution is -1.99. The number of carboxylic acid groups (broad SMARTS) is 1. The summed E-state index contributed by atoms with van der Waals surface area (Å²) in [6, 6.07) is 7.30. The monoisotopic (exact) mass is 307 g/mol. The van der Waals surface area contributed by atoms with Crippen molar-refractivity contribution >= 4 is 34.9 Å². The predicted molar refractivity (Wildman–Crippen MR) is 78.8 cm³/mol. The molecule has 1 aromatic carbocycles. The molecule has 1 N–H and O–H groups in total. The first kappa shape index (κ1) is 14.7. The van der Waals surface area contributed by atoms with Gasteiger partial charge in [0.1, 0.15) is 0 Å². The zero-order valence-electron chi connectivity index (χ0n) is 11.0. The van der Waals surface area contributed by atoms with Gasteiger partial charge in [0, 0.05) is 15.3 Å². The first-order chi connectivity index (χ1) is 9.45. The summed E-state index contributed by atoms with van der Waals surface area (Å²) in [5.41, 5.74) is 1.44. The number of carboxylic acids is 1. The molecule has 6 heteroatoms. The summed E-state index contributed by atoms with van der Waals surface area (Å²) in [5.74, 6) is -0.811. The number of thiazole rings is 1. The minimum Gasteiger partial charge on any atom is -0.481 e. The van der Waals surface area contributed by atoms with Gasteiger partial charge in [0.15, 0.2) is 10.1 Å². The van der Waals surface area contributed by atoms with Gasteiger partial charge in [-0.3, -0.25) is 9.59 Å². The highest BCUT2D eigenvalue weighted by molar-refractivity contribution is 8.01. The molecule has 104 valence electrons. The van der Waals surface area contributed by atoms with Gasteiger partial charge in [-0.2, -0.15) is 0 Å². The second-order valence-electron chi connectivity index (χ2n) is 4.24. The van der Waals surface area contributed by atoms with Crippen molar-refractivity contribution in [2.24, 2.45) is 0 Å². The lowest BCUT2D eigenvalue weighted by molar-refractivity contribution is -0.136. The van der Waals surface area contributed by atoms with Crippen molar-refractivity contribution in [1.29, 1.82) is 0 Å². The zero-order valence-corrected chi connectivity index (χ0v) is 12.7. The Morgan fingerprint density at radius 2 is 1.95 bits per heavy atom. The molecule has 0 fully saturated rings. The smallest absolute Gasteiger partial charge is 0.308 e. The molecule has 2 rings (SSSR count). The predicted octanol–water partition coefficient (Wildman–Crippen LogP) is 3.43. The number of Topliss-reactive ketones (excluding diaryl/α,β-unsaturated/α-hetero) is 1. The van der Waals surface area contributed by atoms with Gasteiger partial charge in [0.25, 0.3) is 0 Å². The number of carbonyl (C=O) groups is 2. The molecule has 4 nitrogen and oxygen atoms in total. The SMILES string of the molecule is CC(=O)c1ccc(Sc2nc(C)c(CC(=O)O)s2)cc1. The fraction of sp³-hybridized carbons (Fsp3) is 0.214. The third-order valence-electron chi connectivity index (χ3n) is 2.65. The lowest BCUT2D eigenvalue weighted by Gasteiger charge is -1.99. The summed E-state index contributed by atoms with van der Waals surface area (Å²) in [7, 11) is 0. The molecule has 2 aromatic rings. The first-order valence-corrected chi connectivity index (χ1v) is 7.56. The molecule has 0 aliphatic carbocycles. The number of nitrogens with zero attached hydrogens (tertiary/aromatic N) is 1. The van der Waals surface area contributed by atoms with Crippen LogP contribution in [0.3, 0.4) is 0 Å². The van der Waals surface area contributed by atoms with Crippen LogP contribution in [0.5, 0.6) is 0 Å². The van der Waals surface area contributed by atoms with E-state index in [1.807, 2.05) is 19.1 Å². The number of rotatable bonds is 5. The molecule has 0 radical (unpaired) electrons. The van der Waals surface area contributed by atoms with Crippen molar-refractivity contribution in [3.8, 4) is 0 Å². The molecule has 1 aromatic heterocycles. The van der Waals surface area contributed by atoms with Crippen LogP contribution in [-0.4, -0.2) is 21.8 Å². The molecule has 0 saturated heterocycles. The van der Waals surface area contributed by atoms with E-state index in [9.17, 15) is 9.59 Å². The lowest BCUT2D eigenvalue weighted by atomic mass is 10.2. The topological polar surface area (TPSA) is 67.3 Å². The van der Waals surface area contributed by atoms with Crippen molar-refractivity contribution in [2.45, 2.75) is 29.5 Å². The van der Waals surface area contributed by atoms with Gasteiger partial charge < -0.3 is 5.11 Å². The zero-order chi connectivity index (χ0) is 14.7. The maximum Gasteiger partial charge on any atom is 0.308 e. The van der Waals surface area contributed by atoms with E-state index in [-0.39, 0.29) is 12.2 Å². The highest BCUT2D eigenvalue weighted by Gasteiger charge is 2.12. The fourth-order valence-electron chi connectivity index (χ4n) is 1.60. The van der Waals surface area contributed by atoms with Crippen molar-refractivity contribution in [2.75, 3.05) is 0 Å². The maximum absolute atomic E-state index is 11.2. The number of hydrogen-bond donors (Lipinski definition) is 1. The van der Waals surface area contributed by atoms with Gasteiger partial charge in [-0.15, -0.1) is 11.3 Å². The summed E-state index contributed by atoms with van der Waals surface area (Å²) in [4.78, 5) is 28.0. The van der Waals surface area contributed by atoms with Crippen LogP contribution in [0, 0.1) is 6.92 Å². The maximum atomic E-state index is 11.2. The number of aryl methyl sites for hydroxylation is 1. The molecule has 0 unspecified atom stereocenters. The standard InChI is InChI=1S/C14H13NO3S2/c1-8-12(7-13(17)18)20-14(15-8)19-11-5-3-10(4-6-11)9(2)16/h3-6H,7H2,1-2H3,(H,17,18). The Bertz CT molecular complexity index is 647. The average Bonchev–Trinajstić information content (AvgIpc) is 2.69. The molecule has 0 spiro atoms. The van der Waals surface area contributed by atoms with Crippen LogP contribution >= 0.6 is 23.1 Å². The number of benzene rings is 1. The molecular formula is C14H13NO3S2. The molecule has 0 bridgehead atoms. The van der Waals surface area contributed by atoms with E-state index in [0.717, 1.165) is 19.8 Å². The minimum atomic E-state index is -0.848. The Balaban J connectivity index is 2.13. The van der Waals surface area contributed by atoms with Crippen molar-refractivity contribution < 1.29 is 14.7 Å². The Morgan fingerprint density at radius 3 is 2.50 bits per heavy atom. The molecule has 0 saturated carbocycles. The van der Waals surface area contributed by atoms with Crippen LogP contribution < -0.4 is 0 Å². The van der Waals surface area contributed by atoms with Gasteiger partial charge >= 0.3 is 5.97 Å². The molecule has 0 amide bonds. The Kier molecular flexibility index (Phi) is 4.57. The molecule has 20 heavy (non-hydrogen) atoms. The number of carbonyl (C=O) groups excluding carboxylic acids is 1. The molecule has 0 aliphatic rings. The van der Waals surface area contributed by atoms with E-state index in [4.69, 9.17) is 5.11 Å². The van der Waals surface area contributed by atoms with E-state index in [1.54, 1.807) is 12.1 Å². The van der Waals surface area contributed by atoms with Gasteiger partial charge in [0.2, 0.25) is 0 Å². The summed E-state index contributed by atoms with van der Waals surface area (Å²) in [6.07, 6.45) is 0.00728. The van der Waals surface area contributed by atoms with Crippen LogP contribution in [0.25, 0.3) is 0 Å². The van der Waals surface area contributed by atoms with Gasteiger partial charge in [-0.25, -0.2) is 4.98 Å². The van der Waals surface area contributed by atoms with Crippen molar-refractivity contribution in [3.05, 3.63) is 40.4 Å². The number of ketones is 1. The van der Waals surface area contributed by atoms with Crippen LogP contribution in [-0.2, 0) is 11.2 Å². The third-order valence-corrected chi connectivity index (χ3v) is 4.88. The van der Waals surface area contributed by atoms with E-state index in [0.29, 0.717) is 5.56 Å². The Labute approximate surface area is 124 Å². The minimum absolute atomic E-state index is 0.00728. The summed E-state index contributed by atoms with van der Waals surface area (Å²) < 4.78 is 0.814. The van der Waals surface area contributed by atoms with Crippen LogP contribution in [0.1, 0.15) is 27.9 Å². The number of hydrogen-bond acceptors (Lipinski definition) is 5. The number of aliphatic carboxylic acids is 1. The quantitative estimate of drug-likeness (QED) is 0.857. The molecule has 1 heterocycles. The summed E-state index contributed by atoms with van der Waals surface area (Å²) in [5, 5.41) is 8.81. The van der Waals surface area contributed by atoms with E-state index in [2.05, 4.69) is 4.98 Å². The summed E-state index contributed by atoms with van der Waals surface area (Å²) >= 11 is 2.87. The average molecular weight is 307 g/mol. The second-order valence-corrected chi connectivity index (χ2v) is 6.65. The van der Waals surface area contributed by atoms with E-state index < -0.39 is 5.97 Å². The van der Waals surface area contributed by atoms with Crippen LogP contribution in [0.2, 0.25) is 0 Å². The van der Waals surface area contributed by atoms with Gasteiger partial charge in [-0.1, -0.05) is 23.9 Å². The molecule has 0 atom stereocenters. The third kappa shape index (κ3) is 3.68. The highest BCUT2D eigenvalue weighted by Crippen LogP contribution is 2.33. The second kappa shape index (κ2) is 6.19. The van der Waals surface area contributed by atoms with E-state index in [1.165, 1.54) is 30.0 Å². The van der Waals surface area contributed by atoms with Crippen molar-refractivity contribution in [3.63, 3.8) is 0 Å². The van der Waals surface area contributed by atoms with Gasteiger partial charge in [-0.05, 0) is 26.0 Å².